The molecule has 0 aliphatic carbocycles. The zero-order valence-corrected chi connectivity index (χ0v) is 44.6. The van der Waals surface area contributed by atoms with Gasteiger partial charge in [0.05, 0.1) is 57.8 Å². The van der Waals surface area contributed by atoms with Crippen molar-refractivity contribution < 1.29 is 98.7 Å². The molecule has 3 rings (SSSR count). The first-order valence-electron chi connectivity index (χ1n) is 22.2. The number of carbonyl (C=O) groups is 3. The molecule has 0 aromatic heterocycles. The van der Waals surface area contributed by atoms with Gasteiger partial charge in [-0.2, -0.15) is 33.7 Å². The number of nitrogens with zero attached hydrogens (tertiary/aromatic N) is 3. The third-order valence-corrected chi connectivity index (χ3v) is 10.2. The molecule has 31 nitrogen and oxygen atoms in total. The highest BCUT2D eigenvalue weighted by molar-refractivity contribution is 7.80. The summed E-state index contributed by atoms with van der Waals surface area (Å²) in [6.07, 6.45) is 2.79. The molecule has 6 unspecified atom stereocenters. The van der Waals surface area contributed by atoms with Crippen molar-refractivity contribution in [2.45, 2.75) is 78.9 Å². The van der Waals surface area contributed by atoms with E-state index in [1.807, 2.05) is 41.5 Å². The summed E-state index contributed by atoms with van der Waals surface area (Å²) >= 11 is 0. The van der Waals surface area contributed by atoms with Crippen LogP contribution in [-0.2, 0) is 70.2 Å². The van der Waals surface area contributed by atoms with Gasteiger partial charge in [0, 0.05) is 78.5 Å². The third-order valence-electron chi connectivity index (χ3n) is 10.2. The lowest BCUT2D eigenvalue weighted by molar-refractivity contribution is -0.124. The summed E-state index contributed by atoms with van der Waals surface area (Å²) in [5.41, 5.74) is 17.5. The maximum Gasteiger partial charge on any atom is 0.394 e. The van der Waals surface area contributed by atoms with Gasteiger partial charge in [-0.05, 0) is 17.8 Å². The van der Waals surface area contributed by atoms with Crippen LogP contribution in [0.2, 0.25) is 0 Å². The van der Waals surface area contributed by atoms with E-state index in [2.05, 4.69) is 30.7 Å². The Hall–Kier alpha value is -2.47. The van der Waals surface area contributed by atoms with E-state index in [9.17, 15) is 14.4 Å². The molecule has 3 heterocycles. The number of amides is 3. The molecule has 17 N–H and O–H groups in total. The summed E-state index contributed by atoms with van der Waals surface area (Å²) in [6.45, 7) is 27.3. The molecule has 0 radical (unpaired) electrons. The number of nitrogens with one attached hydrogen (secondary N) is 3. The Morgan fingerprint density at radius 2 is 0.577 bits per heavy atom. The molecule has 71 heavy (non-hydrogen) atoms. The van der Waals surface area contributed by atoms with Crippen LogP contribution in [0.5, 0.6) is 0 Å². The van der Waals surface area contributed by atoms with E-state index in [-0.39, 0.29) is 53.6 Å². The van der Waals surface area contributed by atoms with Gasteiger partial charge in [-0.1, -0.05) is 60.8 Å². The minimum absolute atomic E-state index is 0.0346. The Labute approximate surface area is 419 Å². The molecule has 3 saturated heterocycles. The van der Waals surface area contributed by atoms with E-state index >= 15 is 0 Å². The predicted molar refractivity (Wildman–Crippen MR) is 260 cm³/mol. The van der Waals surface area contributed by atoms with Crippen LogP contribution in [0, 0.1) is 17.8 Å². The fourth-order valence-corrected chi connectivity index (χ4v) is 5.38. The van der Waals surface area contributed by atoms with Crippen molar-refractivity contribution in [3.8, 4) is 0 Å². The minimum Gasteiger partial charge on any atom is -0.379 e. The van der Waals surface area contributed by atoms with Crippen LogP contribution >= 0.6 is 0 Å². The maximum atomic E-state index is 11.7. The fourth-order valence-electron chi connectivity index (χ4n) is 5.38. The lowest BCUT2D eigenvalue weighted by atomic mass is 9.99. The highest BCUT2D eigenvalue weighted by Gasteiger charge is 2.21. The molecular formula is C36H83N9O22S4. The van der Waals surface area contributed by atoms with Crippen molar-refractivity contribution in [3.05, 3.63) is 0 Å². The summed E-state index contributed by atoms with van der Waals surface area (Å²) in [5, 5.41) is 8.70. The summed E-state index contributed by atoms with van der Waals surface area (Å²) in [5.74, 6) is 0.600. The second-order valence-electron chi connectivity index (χ2n) is 15.8. The average Bonchev–Trinajstić information content (AvgIpc) is 3.26. The van der Waals surface area contributed by atoms with Gasteiger partial charge in [0.1, 0.15) is 0 Å². The van der Waals surface area contributed by atoms with Crippen molar-refractivity contribution in [1.82, 2.24) is 30.7 Å². The van der Waals surface area contributed by atoms with Crippen LogP contribution in [0.1, 0.15) is 60.8 Å². The number of ether oxygens (including phenoxy) is 3. The van der Waals surface area contributed by atoms with Gasteiger partial charge in [0.15, 0.2) is 0 Å². The first kappa shape index (κ1) is 75.1. The van der Waals surface area contributed by atoms with E-state index < -0.39 is 41.6 Å². The van der Waals surface area contributed by atoms with E-state index in [0.717, 1.165) is 118 Å². The number of morpholine rings is 3. The molecule has 0 saturated carbocycles. The number of hydrogen-bond donors (Lipinski definition) is 14. The van der Waals surface area contributed by atoms with Gasteiger partial charge in [-0.15, -0.1) is 0 Å². The largest absolute Gasteiger partial charge is 0.394 e. The van der Waals surface area contributed by atoms with Gasteiger partial charge in [-0.25, -0.2) is 0 Å². The summed E-state index contributed by atoms with van der Waals surface area (Å²) < 4.78 is 142. The molecule has 0 bridgehead atoms. The van der Waals surface area contributed by atoms with E-state index in [1.54, 1.807) is 0 Å². The fraction of sp³-hybridized carbons (Fsp3) is 0.917. The number of nitrogens with two attached hydrogens (primary N) is 3. The van der Waals surface area contributed by atoms with Crippen LogP contribution in [-0.4, -0.2) is 239 Å². The Bertz CT molecular complexity index is 1580. The number of rotatable bonds is 18. The van der Waals surface area contributed by atoms with Gasteiger partial charge in [0.2, 0.25) is 17.7 Å². The first-order valence-corrected chi connectivity index (χ1v) is 27.8. The van der Waals surface area contributed by atoms with Crippen LogP contribution in [0.3, 0.4) is 0 Å². The Morgan fingerprint density at radius 3 is 0.718 bits per heavy atom. The molecule has 3 aliphatic heterocycles. The number of carbonyl (C=O) groups excluding carboxylic acids is 3. The summed E-state index contributed by atoms with van der Waals surface area (Å²) in [6, 6.07) is -1.15. The Kier molecular flexibility index (Phi) is 44.2. The Balaban J connectivity index is -0.000000398. The van der Waals surface area contributed by atoms with Crippen LogP contribution in [0.15, 0.2) is 0 Å². The summed E-state index contributed by atoms with van der Waals surface area (Å²) in [7, 11) is -18.7. The molecule has 0 aromatic rings. The average molecular weight is 1120 g/mol. The molecule has 3 fully saturated rings. The molecule has 35 heteroatoms. The van der Waals surface area contributed by atoms with Crippen LogP contribution in [0.25, 0.3) is 0 Å². The van der Waals surface area contributed by atoms with Crippen LogP contribution < -0.4 is 33.2 Å². The van der Waals surface area contributed by atoms with Crippen LogP contribution in [0.4, 0.5) is 0 Å². The smallest absolute Gasteiger partial charge is 0.379 e. The highest BCUT2D eigenvalue weighted by Crippen LogP contribution is 2.07. The predicted octanol–water partition coefficient (Wildman–Crippen LogP) is -3.19. The topological polar surface area (TPSA) is 501 Å². The minimum atomic E-state index is -4.67. The molecule has 6 atom stereocenters. The summed E-state index contributed by atoms with van der Waals surface area (Å²) in [4.78, 5) is 42.0. The van der Waals surface area contributed by atoms with Gasteiger partial charge in [0.25, 0.3) is 0 Å². The zero-order chi connectivity index (χ0) is 56.0. The van der Waals surface area contributed by atoms with Crippen molar-refractivity contribution in [3.63, 3.8) is 0 Å². The van der Waals surface area contributed by atoms with Crippen molar-refractivity contribution >= 4 is 59.3 Å². The van der Waals surface area contributed by atoms with Gasteiger partial charge in [-0.3, -0.25) is 65.5 Å². The van der Waals surface area contributed by atoms with Gasteiger partial charge >= 0.3 is 41.6 Å². The first-order chi connectivity index (χ1) is 32.4. The van der Waals surface area contributed by atoms with Crippen molar-refractivity contribution in [2.75, 3.05) is 118 Å². The second-order valence-corrected chi connectivity index (χ2v) is 19.3. The Morgan fingerprint density at radius 1 is 0.423 bits per heavy atom. The lowest BCUT2D eigenvalue weighted by Crippen LogP contribution is -2.47. The maximum absolute atomic E-state index is 11.7. The number of hydrogen-bond acceptors (Lipinski definition) is 20. The molecular weight excluding hydrogens is 1040 g/mol. The molecule has 428 valence electrons. The molecule has 3 amide bonds. The van der Waals surface area contributed by atoms with E-state index in [0.29, 0.717) is 19.6 Å². The second kappa shape index (κ2) is 41.8. The quantitative estimate of drug-likeness (QED) is 0.0602. The van der Waals surface area contributed by atoms with E-state index in [4.69, 9.17) is 102 Å². The SMILES string of the molecule is CCC(C)C(N)C(=O)NCCN1CCOCC1.CCC(C)C(N)C(=O)NCCN1CCOCC1.CCC(C)C(N)C(=O)NCCN1CCOCC1.O=S(=O)(O)O.O=S(=O)(O)O.O=S(=O)(O)O.O=S(=O)(O)O. The zero-order valence-electron chi connectivity index (χ0n) is 41.3. The van der Waals surface area contributed by atoms with Gasteiger partial charge < -0.3 is 47.4 Å². The molecule has 3 aliphatic rings. The standard InChI is InChI=1S/3C12H25N3O2.4H2O4S/c3*1-3-10(2)11(13)12(16)14-4-5-15-6-8-17-9-7-15;4*1-5(2,3)4/h3*10-11H,3-9,13H2,1-2H3,(H,14,16);4*(H2,1,2,3,4). The van der Waals surface area contributed by atoms with Crippen molar-refractivity contribution in [2.24, 2.45) is 35.0 Å². The lowest BCUT2D eigenvalue weighted by Gasteiger charge is -2.27. The van der Waals surface area contributed by atoms with E-state index in [1.165, 1.54) is 0 Å². The monoisotopic (exact) mass is 1120 g/mol. The highest BCUT2D eigenvalue weighted by atomic mass is 32.3. The van der Waals surface area contributed by atoms with Crippen molar-refractivity contribution in [1.29, 1.82) is 0 Å². The normalized spacial score (nSPS) is 18.3. The molecule has 0 spiro atoms. The molecule has 0 aromatic carbocycles. The third kappa shape index (κ3) is 60.0.